The maximum absolute atomic E-state index is 14.5. The van der Waals surface area contributed by atoms with E-state index in [4.69, 9.17) is 5.73 Å². The molecule has 0 aliphatic heterocycles. The standard InChI is InChI=1S/C16H11FN4/c17-11-8-12(18)10-4-3-7-19-15(10)16(11)21-9-20-13-5-1-2-6-14(13)21/h1-9H,18H2. The molecule has 0 aliphatic carbocycles. The van der Waals surface area contributed by atoms with E-state index in [0.29, 0.717) is 16.9 Å². The van der Waals surface area contributed by atoms with E-state index in [1.807, 2.05) is 30.3 Å². The first-order chi connectivity index (χ1) is 10.3. The molecule has 0 fully saturated rings. The normalized spacial score (nSPS) is 11.3. The summed E-state index contributed by atoms with van der Waals surface area (Å²) >= 11 is 0. The Hall–Kier alpha value is -2.95. The van der Waals surface area contributed by atoms with Gasteiger partial charge < -0.3 is 5.73 Å². The minimum Gasteiger partial charge on any atom is -0.398 e. The Bertz CT molecular complexity index is 975. The quantitative estimate of drug-likeness (QED) is 0.543. The first-order valence-corrected chi connectivity index (χ1v) is 6.51. The van der Waals surface area contributed by atoms with E-state index >= 15 is 0 Å². The lowest BCUT2D eigenvalue weighted by Gasteiger charge is -2.11. The van der Waals surface area contributed by atoms with Crippen molar-refractivity contribution in [2.24, 2.45) is 0 Å². The molecule has 4 rings (SSSR count). The number of imidazole rings is 1. The molecule has 0 saturated carbocycles. The molecule has 21 heavy (non-hydrogen) atoms. The zero-order chi connectivity index (χ0) is 14.4. The van der Waals surface area contributed by atoms with Gasteiger partial charge in [-0.25, -0.2) is 9.37 Å². The van der Waals surface area contributed by atoms with Gasteiger partial charge in [-0.1, -0.05) is 12.1 Å². The summed E-state index contributed by atoms with van der Waals surface area (Å²) in [7, 11) is 0. The molecule has 4 aromatic rings. The number of nitrogens with two attached hydrogens (primary N) is 1. The van der Waals surface area contributed by atoms with Gasteiger partial charge in [0, 0.05) is 17.3 Å². The van der Waals surface area contributed by atoms with E-state index in [-0.39, 0.29) is 0 Å². The molecular formula is C16H11FN4. The maximum Gasteiger partial charge on any atom is 0.151 e. The third-order valence-electron chi connectivity index (χ3n) is 3.55. The van der Waals surface area contributed by atoms with Gasteiger partial charge in [0.25, 0.3) is 0 Å². The number of hydrogen-bond donors (Lipinski definition) is 1. The predicted molar refractivity (Wildman–Crippen MR) is 80.7 cm³/mol. The van der Waals surface area contributed by atoms with Crippen LogP contribution >= 0.6 is 0 Å². The first-order valence-electron chi connectivity index (χ1n) is 6.51. The number of aromatic nitrogens is 3. The van der Waals surface area contributed by atoms with Crippen LogP contribution in [-0.4, -0.2) is 14.5 Å². The Balaban J connectivity index is 2.16. The highest BCUT2D eigenvalue weighted by Gasteiger charge is 2.15. The topological polar surface area (TPSA) is 56.7 Å². The van der Waals surface area contributed by atoms with Crippen molar-refractivity contribution in [3.8, 4) is 5.69 Å². The van der Waals surface area contributed by atoms with Gasteiger partial charge in [-0.2, -0.15) is 0 Å². The number of anilines is 1. The van der Waals surface area contributed by atoms with Crippen molar-refractivity contribution in [2.45, 2.75) is 0 Å². The van der Waals surface area contributed by atoms with E-state index in [2.05, 4.69) is 9.97 Å². The summed E-state index contributed by atoms with van der Waals surface area (Å²) in [4.78, 5) is 8.60. The zero-order valence-electron chi connectivity index (χ0n) is 11.0. The van der Waals surface area contributed by atoms with Crippen molar-refractivity contribution < 1.29 is 4.39 Å². The second kappa shape index (κ2) is 4.28. The molecule has 0 radical (unpaired) electrons. The Kier molecular flexibility index (Phi) is 2.41. The Morgan fingerprint density at radius 1 is 1.05 bits per heavy atom. The van der Waals surface area contributed by atoms with E-state index < -0.39 is 5.82 Å². The fourth-order valence-electron chi connectivity index (χ4n) is 2.59. The summed E-state index contributed by atoms with van der Waals surface area (Å²) < 4.78 is 16.2. The summed E-state index contributed by atoms with van der Waals surface area (Å²) in [6, 6.07) is 12.5. The molecule has 102 valence electrons. The highest BCUT2D eigenvalue weighted by atomic mass is 19.1. The molecule has 0 atom stereocenters. The number of halogens is 1. The average molecular weight is 278 g/mol. The molecule has 0 amide bonds. The third kappa shape index (κ3) is 1.67. The van der Waals surface area contributed by atoms with Crippen LogP contribution in [0, 0.1) is 5.82 Å². The fraction of sp³-hybridized carbons (Fsp3) is 0. The van der Waals surface area contributed by atoms with Crippen LogP contribution in [-0.2, 0) is 0 Å². The van der Waals surface area contributed by atoms with Gasteiger partial charge in [0.05, 0.1) is 16.6 Å². The summed E-state index contributed by atoms with van der Waals surface area (Å²) in [5, 5.41) is 0.728. The highest BCUT2D eigenvalue weighted by molar-refractivity contribution is 5.97. The van der Waals surface area contributed by atoms with Crippen LogP contribution in [0.2, 0.25) is 0 Å². The van der Waals surface area contributed by atoms with Crippen molar-refractivity contribution in [1.82, 2.24) is 14.5 Å². The smallest absolute Gasteiger partial charge is 0.151 e. The van der Waals surface area contributed by atoms with Gasteiger partial charge in [-0.05, 0) is 30.3 Å². The average Bonchev–Trinajstić information content (AvgIpc) is 2.92. The third-order valence-corrected chi connectivity index (χ3v) is 3.55. The van der Waals surface area contributed by atoms with Gasteiger partial charge in [0.2, 0.25) is 0 Å². The van der Waals surface area contributed by atoms with Crippen LogP contribution < -0.4 is 5.73 Å². The minimum atomic E-state index is -0.415. The predicted octanol–water partition coefficient (Wildman–Crippen LogP) is 3.30. The van der Waals surface area contributed by atoms with Crippen LogP contribution in [0.25, 0.3) is 27.6 Å². The van der Waals surface area contributed by atoms with Gasteiger partial charge in [0.1, 0.15) is 12.0 Å². The van der Waals surface area contributed by atoms with E-state index in [1.165, 1.54) is 6.07 Å². The molecule has 0 bridgehead atoms. The second-order valence-electron chi connectivity index (χ2n) is 4.80. The van der Waals surface area contributed by atoms with Gasteiger partial charge >= 0.3 is 0 Å². The van der Waals surface area contributed by atoms with Crippen molar-refractivity contribution in [3.05, 3.63) is 60.8 Å². The van der Waals surface area contributed by atoms with Crippen LogP contribution in [0.15, 0.2) is 55.0 Å². The van der Waals surface area contributed by atoms with Crippen LogP contribution in [0.5, 0.6) is 0 Å². The Morgan fingerprint density at radius 3 is 2.81 bits per heavy atom. The summed E-state index contributed by atoms with van der Waals surface area (Å²) in [5.41, 5.74) is 8.79. The zero-order valence-corrected chi connectivity index (χ0v) is 11.0. The van der Waals surface area contributed by atoms with Crippen molar-refractivity contribution in [3.63, 3.8) is 0 Å². The number of rotatable bonds is 1. The Labute approximate surface area is 119 Å². The van der Waals surface area contributed by atoms with Gasteiger partial charge in [-0.3, -0.25) is 9.55 Å². The first kappa shape index (κ1) is 11.8. The van der Waals surface area contributed by atoms with Crippen molar-refractivity contribution in [2.75, 3.05) is 5.73 Å². The summed E-state index contributed by atoms with van der Waals surface area (Å²) in [5.74, 6) is -0.415. The number of pyridine rings is 1. The lowest BCUT2D eigenvalue weighted by molar-refractivity contribution is 0.622. The SMILES string of the molecule is Nc1cc(F)c(-n2cnc3ccccc32)c2ncccc12. The van der Waals surface area contributed by atoms with Crippen LogP contribution in [0.4, 0.5) is 10.1 Å². The number of nitrogen functional groups attached to an aromatic ring is 1. The van der Waals surface area contributed by atoms with Gasteiger partial charge in [0.15, 0.2) is 5.82 Å². The molecule has 0 spiro atoms. The van der Waals surface area contributed by atoms with Gasteiger partial charge in [-0.15, -0.1) is 0 Å². The molecule has 2 aromatic carbocycles. The van der Waals surface area contributed by atoms with E-state index in [0.717, 1.165) is 16.4 Å². The van der Waals surface area contributed by atoms with Crippen molar-refractivity contribution >= 4 is 27.6 Å². The number of para-hydroxylation sites is 2. The molecular weight excluding hydrogens is 267 g/mol. The van der Waals surface area contributed by atoms with E-state index in [9.17, 15) is 4.39 Å². The Morgan fingerprint density at radius 2 is 1.90 bits per heavy atom. The lowest BCUT2D eigenvalue weighted by Crippen LogP contribution is -2.01. The molecule has 5 heteroatoms. The minimum absolute atomic E-state index is 0.369. The van der Waals surface area contributed by atoms with Crippen LogP contribution in [0.1, 0.15) is 0 Å². The molecule has 4 nitrogen and oxygen atoms in total. The monoisotopic (exact) mass is 278 g/mol. The fourth-order valence-corrected chi connectivity index (χ4v) is 2.59. The number of benzene rings is 2. The molecule has 2 aromatic heterocycles. The maximum atomic E-state index is 14.5. The number of fused-ring (bicyclic) bond motifs is 2. The number of hydrogen-bond acceptors (Lipinski definition) is 3. The molecule has 2 heterocycles. The molecule has 0 saturated heterocycles. The second-order valence-corrected chi connectivity index (χ2v) is 4.80. The summed E-state index contributed by atoms with van der Waals surface area (Å²) in [6.07, 6.45) is 3.23. The van der Waals surface area contributed by atoms with Crippen molar-refractivity contribution in [1.29, 1.82) is 0 Å². The summed E-state index contributed by atoms with van der Waals surface area (Å²) in [6.45, 7) is 0. The van der Waals surface area contributed by atoms with Crippen LogP contribution in [0.3, 0.4) is 0 Å². The molecule has 2 N–H and O–H groups in total. The van der Waals surface area contributed by atoms with E-state index in [1.54, 1.807) is 23.2 Å². The molecule has 0 unspecified atom stereocenters. The highest BCUT2D eigenvalue weighted by Crippen LogP contribution is 2.30. The lowest BCUT2D eigenvalue weighted by atomic mass is 10.1. The number of nitrogens with zero attached hydrogens (tertiary/aromatic N) is 3. The molecule has 0 aliphatic rings. The largest absolute Gasteiger partial charge is 0.398 e.